The molecule has 1 rings (SSSR count). The molecule has 2 heteroatoms. The minimum Gasteiger partial charge on any atom is -0.491 e. The molecule has 2 nitrogen and oxygen atoms in total. The smallest absolute Gasteiger partial charge is 0.119 e. The van der Waals surface area contributed by atoms with E-state index in [-0.39, 0.29) is 12.0 Å². The lowest BCUT2D eigenvalue weighted by Gasteiger charge is -2.23. The quantitative estimate of drug-likeness (QED) is 0.806. The molecule has 0 spiro atoms. The van der Waals surface area contributed by atoms with E-state index in [0.29, 0.717) is 6.61 Å². The fraction of sp³-hybridized carbons (Fsp3) is 0.538. The average molecular weight is 208 g/mol. The number of aliphatic hydroxyl groups excluding tert-OH is 1. The summed E-state index contributed by atoms with van der Waals surface area (Å²) in [6, 6.07) is 8.11. The van der Waals surface area contributed by atoms with E-state index in [1.54, 1.807) is 0 Å². The summed E-state index contributed by atoms with van der Waals surface area (Å²) in [6.45, 7) is 7.07. The molecule has 0 fully saturated rings. The summed E-state index contributed by atoms with van der Waals surface area (Å²) in [4.78, 5) is 0. The minimum absolute atomic E-state index is 0.0577. The normalized spacial score (nSPS) is 11.5. The molecule has 0 aliphatic carbocycles. The lowest BCUT2D eigenvalue weighted by molar-refractivity contribution is 0.201. The van der Waals surface area contributed by atoms with Crippen LogP contribution in [0.5, 0.6) is 5.75 Å². The third-order valence-corrected chi connectivity index (χ3v) is 2.88. The molecule has 1 aromatic rings. The van der Waals surface area contributed by atoms with Gasteiger partial charge in [0.15, 0.2) is 0 Å². The van der Waals surface area contributed by atoms with Crippen LogP contribution in [0.25, 0.3) is 0 Å². The molecule has 1 N–H and O–H groups in total. The zero-order valence-corrected chi connectivity index (χ0v) is 9.79. The summed E-state index contributed by atoms with van der Waals surface area (Å²) in [6.07, 6.45) is 1.11. The number of benzene rings is 1. The number of aliphatic hydroxyl groups is 1. The molecule has 84 valence electrons. The molecule has 0 aliphatic heterocycles. The second-order valence-corrected chi connectivity index (χ2v) is 4.33. The predicted octanol–water partition coefficient (Wildman–Crippen LogP) is 2.75. The van der Waals surface area contributed by atoms with Crippen LogP contribution in [0.4, 0.5) is 0 Å². The first-order chi connectivity index (χ1) is 7.10. The van der Waals surface area contributed by atoms with E-state index >= 15 is 0 Å². The van der Waals surface area contributed by atoms with Gasteiger partial charge < -0.3 is 9.84 Å². The average Bonchev–Trinajstić information content (AvgIpc) is 2.27. The van der Waals surface area contributed by atoms with E-state index in [1.165, 1.54) is 5.56 Å². The van der Waals surface area contributed by atoms with Crippen LogP contribution in [0.2, 0.25) is 0 Å². The molecule has 0 unspecified atom stereocenters. The largest absolute Gasteiger partial charge is 0.491 e. The van der Waals surface area contributed by atoms with Gasteiger partial charge in [0.25, 0.3) is 0 Å². The van der Waals surface area contributed by atoms with Gasteiger partial charge in [-0.05, 0) is 29.5 Å². The lowest BCUT2D eigenvalue weighted by atomic mass is 9.82. The topological polar surface area (TPSA) is 29.5 Å². The SMILES string of the molecule is CCC(C)(C)c1ccc(OCCO)cc1. The molecule has 0 amide bonds. The molecule has 15 heavy (non-hydrogen) atoms. The van der Waals surface area contributed by atoms with Crippen molar-refractivity contribution in [3.63, 3.8) is 0 Å². The zero-order chi connectivity index (χ0) is 11.3. The molecule has 1 aromatic carbocycles. The number of hydrogen-bond donors (Lipinski definition) is 1. The van der Waals surface area contributed by atoms with Gasteiger partial charge in [0.2, 0.25) is 0 Å². The van der Waals surface area contributed by atoms with E-state index in [9.17, 15) is 0 Å². The second kappa shape index (κ2) is 5.17. The summed E-state index contributed by atoms with van der Waals surface area (Å²) in [5.74, 6) is 0.819. The monoisotopic (exact) mass is 208 g/mol. The fourth-order valence-corrected chi connectivity index (χ4v) is 1.37. The Labute approximate surface area is 91.9 Å². The van der Waals surface area contributed by atoms with Crippen molar-refractivity contribution in [2.75, 3.05) is 13.2 Å². The highest BCUT2D eigenvalue weighted by atomic mass is 16.5. The number of rotatable bonds is 5. The van der Waals surface area contributed by atoms with Gasteiger partial charge >= 0.3 is 0 Å². The van der Waals surface area contributed by atoms with Crippen molar-refractivity contribution in [1.29, 1.82) is 0 Å². The highest BCUT2D eigenvalue weighted by molar-refractivity contribution is 5.31. The Hall–Kier alpha value is -1.02. The van der Waals surface area contributed by atoms with Crippen LogP contribution in [-0.2, 0) is 5.41 Å². The Morgan fingerprint density at radius 1 is 1.20 bits per heavy atom. The first kappa shape index (κ1) is 12.1. The molecule has 0 radical (unpaired) electrons. The van der Waals surface area contributed by atoms with Crippen molar-refractivity contribution in [2.24, 2.45) is 0 Å². The summed E-state index contributed by atoms with van der Waals surface area (Å²) in [7, 11) is 0. The predicted molar refractivity (Wildman–Crippen MR) is 62.3 cm³/mol. The first-order valence-corrected chi connectivity index (χ1v) is 5.44. The van der Waals surface area contributed by atoms with Gasteiger partial charge in [0, 0.05) is 0 Å². The molecule has 0 atom stereocenters. The Bertz CT molecular complexity index is 288. The van der Waals surface area contributed by atoms with Crippen molar-refractivity contribution >= 4 is 0 Å². The molecule has 0 bridgehead atoms. The van der Waals surface area contributed by atoms with E-state index < -0.39 is 0 Å². The molecule has 0 aliphatic rings. The zero-order valence-electron chi connectivity index (χ0n) is 9.79. The molecule has 0 saturated carbocycles. The van der Waals surface area contributed by atoms with Crippen molar-refractivity contribution in [3.8, 4) is 5.75 Å². The Morgan fingerprint density at radius 2 is 1.80 bits per heavy atom. The van der Waals surface area contributed by atoms with Gasteiger partial charge in [0.1, 0.15) is 12.4 Å². The summed E-state index contributed by atoms with van der Waals surface area (Å²) in [5, 5.41) is 8.62. The van der Waals surface area contributed by atoms with E-state index in [0.717, 1.165) is 12.2 Å². The maximum atomic E-state index is 8.62. The van der Waals surface area contributed by atoms with Crippen LogP contribution in [0.15, 0.2) is 24.3 Å². The summed E-state index contributed by atoms with van der Waals surface area (Å²) >= 11 is 0. The van der Waals surface area contributed by atoms with E-state index in [4.69, 9.17) is 9.84 Å². The molecule has 0 saturated heterocycles. The van der Waals surface area contributed by atoms with E-state index in [2.05, 4.69) is 32.9 Å². The first-order valence-electron chi connectivity index (χ1n) is 5.44. The van der Waals surface area contributed by atoms with Crippen LogP contribution in [0.3, 0.4) is 0 Å². The van der Waals surface area contributed by atoms with E-state index in [1.807, 2.05) is 12.1 Å². The van der Waals surface area contributed by atoms with Crippen molar-refractivity contribution in [1.82, 2.24) is 0 Å². The molecule has 0 heterocycles. The molecule has 0 aromatic heterocycles. The van der Waals surface area contributed by atoms with Crippen LogP contribution >= 0.6 is 0 Å². The fourth-order valence-electron chi connectivity index (χ4n) is 1.37. The number of ether oxygens (including phenoxy) is 1. The van der Waals surface area contributed by atoms with Crippen LogP contribution in [-0.4, -0.2) is 18.3 Å². The van der Waals surface area contributed by atoms with Crippen LogP contribution in [0, 0.1) is 0 Å². The van der Waals surface area contributed by atoms with Gasteiger partial charge in [-0.3, -0.25) is 0 Å². The summed E-state index contributed by atoms with van der Waals surface area (Å²) < 4.78 is 5.31. The van der Waals surface area contributed by atoms with Crippen molar-refractivity contribution in [3.05, 3.63) is 29.8 Å². The standard InChI is InChI=1S/C13H20O2/c1-4-13(2,3)11-5-7-12(8-6-11)15-10-9-14/h5-8,14H,4,9-10H2,1-3H3. The third-order valence-electron chi connectivity index (χ3n) is 2.88. The maximum absolute atomic E-state index is 8.62. The number of hydrogen-bond acceptors (Lipinski definition) is 2. The van der Waals surface area contributed by atoms with Gasteiger partial charge in [0.05, 0.1) is 6.61 Å². The third kappa shape index (κ3) is 3.24. The van der Waals surface area contributed by atoms with Crippen LogP contribution in [0.1, 0.15) is 32.8 Å². The summed E-state index contributed by atoms with van der Waals surface area (Å²) in [5.41, 5.74) is 1.54. The van der Waals surface area contributed by atoms with Gasteiger partial charge in [-0.2, -0.15) is 0 Å². The van der Waals surface area contributed by atoms with Crippen molar-refractivity contribution in [2.45, 2.75) is 32.6 Å². The highest BCUT2D eigenvalue weighted by Crippen LogP contribution is 2.27. The van der Waals surface area contributed by atoms with Crippen molar-refractivity contribution < 1.29 is 9.84 Å². The Kier molecular flexibility index (Phi) is 4.15. The lowest BCUT2D eigenvalue weighted by Crippen LogP contribution is -2.15. The Balaban J connectivity index is 2.72. The highest BCUT2D eigenvalue weighted by Gasteiger charge is 2.17. The molecular formula is C13H20O2. The van der Waals surface area contributed by atoms with Gasteiger partial charge in [-0.15, -0.1) is 0 Å². The Morgan fingerprint density at radius 3 is 2.27 bits per heavy atom. The molecular weight excluding hydrogens is 188 g/mol. The second-order valence-electron chi connectivity index (χ2n) is 4.33. The minimum atomic E-state index is 0.0577. The maximum Gasteiger partial charge on any atom is 0.119 e. The van der Waals surface area contributed by atoms with Gasteiger partial charge in [-0.1, -0.05) is 32.9 Å². The van der Waals surface area contributed by atoms with Crippen LogP contribution < -0.4 is 4.74 Å². The van der Waals surface area contributed by atoms with Gasteiger partial charge in [-0.25, -0.2) is 0 Å².